The molecule has 52 heavy (non-hydrogen) atoms. The summed E-state index contributed by atoms with van der Waals surface area (Å²) in [5.74, 6) is 1.01. The maximum atomic E-state index is 14.4. The van der Waals surface area contributed by atoms with Gasteiger partial charge >= 0.3 is 12.2 Å². The molecule has 2 aromatic carbocycles. The zero-order chi connectivity index (χ0) is 37.3. The first kappa shape index (κ1) is 39.3. The van der Waals surface area contributed by atoms with Crippen LogP contribution in [0.5, 0.6) is 11.5 Å². The van der Waals surface area contributed by atoms with Gasteiger partial charge in [0.1, 0.15) is 6.10 Å². The van der Waals surface area contributed by atoms with E-state index in [1.54, 1.807) is 13.0 Å². The Hall–Kier alpha value is -3.89. The number of nitrogens with one attached hydrogen (secondary N) is 2. The summed E-state index contributed by atoms with van der Waals surface area (Å²) in [5, 5.41) is 17.3. The summed E-state index contributed by atoms with van der Waals surface area (Å²) in [6.07, 6.45) is 0.387. The lowest BCUT2D eigenvalue weighted by Gasteiger charge is -2.35. The molecule has 0 radical (unpaired) electrons. The molecule has 0 spiro atoms. The molecule has 0 unspecified atom stereocenters. The fourth-order valence-corrected chi connectivity index (χ4v) is 8.30. The van der Waals surface area contributed by atoms with Gasteiger partial charge < -0.3 is 44.2 Å². The van der Waals surface area contributed by atoms with Crippen LogP contribution in [0.2, 0.25) is 0 Å². The summed E-state index contributed by atoms with van der Waals surface area (Å²) in [4.78, 5) is 25.0. The zero-order valence-electron chi connectivity index (χ0n) is 30.1. The van der Waals surface area contributed by atoms with E-state index < -0.39 is 52.2 Å². The van der Waals surface area contributed by atoms with E-state index in [1.165, 1.54) is 16.4 Å². The van der Waals surface area contributed by atoms with Crippen LogP contribution in [0.4, 0.5) is 9.59 Å². The van der Waals surface area contributed by atoms with Crippen LogP contribution in [0, 0.1) is 11.3 Å². The van der Waals surface area contributed by atoms with E-state index in [2.05, 4.69) is 17.2 Å². The number of aliphatic hydroxyl groups is 1. The average Bonchev–Trinajstić information content (AvgIpc) is 3.84. The van der Waals surface area contributed by atoms with E-state index in [1.807, 2.05) is 44.2 Å². The van der Waals surface area contributed by atoms with Gasteiger partial charge in [0.15, 0.2) is 17.8 Å². The van der Waals surface area contributed by atoms with Crippen molar-refractivity contribution in [3.63, 3.8) is 0 Å². The molecule has 3 aliphatic rings. The highest BCUT2D eigenvalue weighted by molar-refractivity contribution is 7.89. The maximum Gasteiger partial charge on any atom is 0.412 e. The molecular weight excluding hydrogens is 694 g/mol. The second-order valence-corrected chi connectivity index (χ2v) is 16.2. The molecule has 3 N–H and O–H groups in total. The average molecular weight is 746 g/mol. The number of sulfonamides is 1. The Morgan fingerprint density at radius 3 is 2.60 bits per heavy atom. The second kappa shape index (κ2) is 17.8. The number of ether oxygens (including phenoxy) is 6. The van der Waals surface area contributed by atoms with E-state index in [-0.39, 0.29) is 43.7 Å². The van der Waals surface area contributed by atoms with Gasteiger partial charge in [0.2, 0.25) is 16.8 Å². The summed E-state index contributed by atoms with van der Waals surface area (Å²) >= 11 is 0. The predicted octanol–water partition coefficient (Wildman–Crippen LogP) is 4.71. The molecule has 3 aliphatic heterocycles. The number of alkyl carbamates (subject to hydrolysis) is 2. The minimum atomic E-state index is -4.18. The Bertz CT molecular complexity index is 1640. The molecule has 0 saturated carbocycles. The molecular formula is C37H51N3O11S. The third kappa shape index (κ3) is 10.8. The summed E-state index contributed by atoms with van der Waals surface area (Å²) in [5.41, 5.74) is 0.326. The molecule has 0 aliphatic carbocycles. The number of aliphatic hydroxyl groups excluding tert-OH is 1. The number of carbonyl (C=O) groups excluding carboxylic acids is 2. The van der Waals surface area contributed by atoms with E-state index in [0.29, 0.717) is 49.7 Å². The summed E-state index contributed by atoms with van der Waals surface area (Å²) < 4.78 is 62.7. The summed E-state index contributed by atoms with van der Waals surface area (Å²) in [6.45, 7) is 10.0. The van der Waals surface area contributed by atoms with Crippen molar-refractivity contribution in [2.24, 2.45) is 11.3 Å². The topological polar surface area (TPSA) is 171 Å². The van der Waals surface area contributed by atoms with Crippen LogP contribution < -0.4 is 20.1 Å². The number of carbonyl (C=O) groups is 2. The molecule has 2 saturated heterocycles. The van der Waals surface area contributed by atoms with Crippen molar-refractivity contribution in [1.29, 1.82) is 0 Å². The largest absolute Gasteiger partial charge is 0.454 e. The lowest BCUT2D eigenvalue weighted by Crippen LogP contribution is -2.52. The van der Waals surface area contributed by atoms with Gasteiger partial charge in [-0.1, -0.05) is 63.6 Å². The molecule has 0 aromatic heterocycles. The third-order valence-electron chi connectivity index (χ3n) is 9.35. The van der Waals surface area contributed by atoms with E-state index >= 15 is 0 Å². The molecule has 2 amide bonds. The molecule has 15 heteroatoms. The molecule has 0 bridgehead atoms. The Labute approximate surface area is 305 Å². The Balaban J connectivity index is 1.30. The van der Waals surface area contributed by atoms with Crippen LogP contribution >= 0.6 is 0 Å². The van der Waals surface area contributed by atoms with Gasteiger partial charge in [0, 0.05) is 25.7 Å². The number of rotatable bonds is 18. The van der Waals surface area contributed by atoms with Crippen LogP contribution in [-0.4, -0.2) is 94.2 Å². The summed E-state index contributed by atoms with van der Waals surface area (Å²) in [6, 6.07) is 12.9. The smallest absolute Gasteiger partial charge is 0.412 e. The standard InChI is InChI=1S/C37H51N3O11S/c1-25(2)50-35(42)38-17-10-6-9-16-37(3,4)23-40(52(44,45)27-13-14-31-32(20-27)49-24-48-31)21-30(41)29(19-26-11-7-5-8-12-26)39-36(43)51-33-22-47-34-28(33)15-18-46-34/h5,7-8,11-14,20,28-30,33-34,41H,1,6,9-10,15-19,21-24H2,2-4H3,(H,38,42)(H,39,43)/t28-,29-,30+,33-,34+/m0/s1. The lowest BCUT2D eigenvalue weighted by atomic mass is 9.86. The fourth-order valence-electron chi connectivity index (χ4n) is 6.64. The van der Waals surface area contributed by atoms with Crippen molar-refractivity contribution in [2.45, 2.75) is 88.7 Å². The van der Waals surface area contributed by atoms with Crippen LogP contribution in [0.25, 0.3) is 0 Å². The van der Waals surface area contributed by atoms with Crippen LogP contribution in [-0.2, 0) is 35.4 Å². The SMILES string of the molecule is C=C(C)OC(=O)NCCCCCC(C)(C)CN(C[C@@H](O)[C@H](Cc1ccccc1)NC(=O)O[C@H]1CO[C@H]2OCC[C@H]21)S(=O)(=O)c1ccc2c(c1)OCO2. The highest BCUT2D eigenvalue weighted by atomic mass is 32.2. The van der Waals surface area contributed by atoms with Gasteiger partial charge in [-0.3, -0.25) is 0 Å². The van der Waals surface area contributed by atoms with Crippen molar-refractivity contribution >= 4 is 22.2 Å². The molecule has 2 aromatic rings. The number of nitrogens with zero attached hydrogens (tertiary/aromatic N) is 1. The van der Waals surface area contributed by atoms with Crippen molar-refractivity contribution < 1.29 is 51.5 Å². The molecule has 5 atom stereocenters. The van der Waals surface area contributed by atoms with Crippen molar-refractivity contribution in [1.82, 2.24) is 14.9 Å². The maximum absolute atomic E-state index is 14.4. The van der Waals surface area contributed by atoms with E-state index in [0.717, 1.165) is 18.4 Å². The number of hydrogen-bond acceptors (Lipinski definition) is 11. The predicted molar refractivity (Wildman–Crippen MR) is 190 cm³/mol. The minimum Gasteiger partial charge on any atom is -0.454 e. The Kier molecular flexibility index (Phi) is 13.4. The Morgan fingerprint density at radius 2 is 1.83 bits per heavy atom. The van der Waals surface area contributed by atoms with E-state index in [9.17, 15) is 23.1 Å². The molecule has 14 nitrogen and oxygen atoms in total. The van der Waals surface area contributed by atoms with Gasteiger partial charge in [-0.15, -0.1) is 0 Å². The first-order valence-corrected chi connectivity index (χ1v) is 19.2. The number of benzene rings is 2. The minimum absolute atomic E-state index is 0.00554. The fraction of sp³-hybridized carbons (Fsp3) is 0.568. The quantitative estimate of drug-likeness (QED) is 0.143. The lowest BCUT2D eigenvalue weighted by molar-refractivity contribution is -0.0907. The first-order valence-electron chi connectivity index (χ1n) is 17.7. The summed E-state index contributed by atoms with van der Waals surface area (Å²) in [7, 11) is -4.18. The van der Waals surface area contributed by atoms with Gasteiger partial charge in [0.05, 0.1) is 41.9 Å². The number of allylic oxidation sites excluding steroid dienone is 1. The number of fused-ring (bicyclic) bond motifs is 2. The van der Waals surface area contributed by atoms with Crippen LogP contribution in [0.15, 0.2) is 65.8 Å². The van der Waals surface area contributed by atoms with Crippen LogP contribution in [0.3, 0.4) is 0 Å². The Morgan fingerprint density at radius 1 is 1.06 bits per heavy atom. The van der Waals surface area contributed by atoms with Crippen molar-refractivity contribution in [3.8, 4) is 11.5 Å². The monoisotopic (exact) mass is 745 g/mol. The highest BCUT2D eigenvalue weighted by Gasteiger charge is 2.44. The van der Waals surface area contributed by atoms with Crippen LogP contribution in [0.1, 0.15) is 58.4 Å². The number of amides is 2. The van der Waals surface area contributed by atoms with E-state index in [4.69, 9.17) is 28.4 Å². The first-order chi connectivity index (χ1) is 24.8. The third-order valence-corrected chi connectivity index (χ3v) is 11.2. The number of hydrogen-bond donors (Lipinski definition) is 3. The van der Waals surface area contributed by atoms with Gasteiger partial charge in [-0.2, -0.15) is 4.31 Å². The second-order valence-electron chi connectivity index (χ2n) is 14.3. The van der Waals surface area contributed by atoms with Crippen molar-refractivity contribution in [3.05, 3.63) is 66.4 Å². The molecule has 2 fully saturated rings. The zero-order valence-corrected chi connectivity index (χ0v) is 30.9. The van der Waals surface area contributed by atoms with Gasteiger partial charge in [0.25, 0.3) is 0 Å². The number of unbranched alkanes of at least 4 members (excludes halogenated alkanes) is 2. The van der Waals surface area contributed by atoms with Gasteiger partial charge in [-0.25, -0.2) is 18.0 Å². The van der Waals surface area contributed by atoms with Crippen molar-refractivity contribution in [2.75, 3.05) is 39.6 Å². The normalized spacial score (nSPS) is 20.6. The molecule has 286 valence electrons. The molecule has 3 heterocycles. The van der Waals surface area contributed by atoms with Gasteiger partial charge in [-0.05, 0) is 55.7 Å². The highest BCUT2D eigenvalue weighted by Crippen LogP contribution is 2.36. The molecule has 5 rings (SSSR count).